The quantitative estimate of drug-likeness (QED) is 0.303. The molecule has 1 atom stereocenters. The Morgan fingerprint density at radius 1 is 1.00 bits per heavy atom. The minimum absolute atomic E-state index is 0.0717. The first-order chi connectivity index (χ1) is 16.0. The first kappa shape index (κ1) is 27.4. The Bertz CT molecular complexity index is 1120. The highest BCUT2D eigenvalue weighted by Gasteiger charge is 2.18. The van der Waals surface area contributed by atoms with Crippen molar-refractivity contribution in [1.29, 1.82) is 0 Å². The van der Waals surface area contributed by atoms with E-state index in [0.717, 1.165) is 34.6 Å². The van der Waals surface area contributed by atoms with Gasteiger partial charge in [-0.05, 0) is 82.2 Å². The van der Waals surface area contributed by atoms with Crippen molar-refractivity contribution in [2.75, 3.05) is 0 Å². The summed E-state index contributed by atoms with van der Waals surface area (Å²) < 4.78 is 0. The maximum absolute atomic E-state index is 6.05. The van der Waals surface area contributed by atoms with Gasteiger partial charge < -0.3 is 0 Å². The molecule has 0 aliphatic carbocycles. The summed E-state index contributed by atoms with van der Waals surface area (Å²) in [5, 5.41) is 0.759. The molecule has 0 aliphatic heterocycles. The number of hydrogen-bond donors (Lipinski definition) is 0. The second-order valence-electron chi connectivity index (χ2n) is 9.95. The molecule has 0 radical (unpaired) electrons. The predicted molar refractivity (Wildman–Crippen MR) is 154 cm³/mol. The van der Waals surface area contributed by atoms with Gasteiger partial charge in [0.05, 0.1) is 0 Å². The third-order valence-corrected chi connectivity index (χ3v) is 6.36. The van der Waals surface area contributed by atoms with Gasteiger partial charge in [0.15, 0.2) is 0 Å². The smallest absolute Gasteiger partial charge is 0.0409 e. The van der Waals surface area contributed by atoms with Crippen LogP contribution < -0.4 is 0 Å². The fourth-order valence-corrected chi connectivity index (χ4v) is 4.28. The van der Waals surface area contributed by atoms with E-state index in [1.165, 1.54) is 22.3 Å². The maximum Gasteiger partial charge on any atom is 0.0409 e. The Kier molecular flexibility index (Phi) is 10.1. The Labute approximate surface area is 212 Å². The number of aryl methyl sites for hydroxylation is 1. The molecule has 1 heteroatoms. The molecule has 0 N–H and O–H groups in total. The van der Waals surface area contributed by atoms with Crippen molar-refractivity contribution in [2.24, 2.45) is 5.41 Å². The first-order valence-electron chi connectivity index (χ1n) is 11.9. The van der Waals surface area contributed by atoms with E-state index in [9.17, 15) is 0 Å². The Morgan fingerprint density at radius 2 is 1.71 bits per heavy atom. The zero-order chi connectivity index (χ0) is 25.3. The van der Waals surface area contributed by atoms with E-state index in [1.54, 1.807) is 0 Å². The Morgan fingerprint density at radius 3 is 2.32 bits per heavy atom. The van der Waals surface area contributed by atoms with Gasteiger partial charge in [0.2, 0.25) is 0 Å². The number of rotatable bonds is 10. The average molecular weight is 471 g/mol. The van der Waals surface area contributed by atoms with Gasteiger partial charge in [0.1, 0.15) is 0 Å². The molecule has 0 saturated carbocycles. The second kappa shape index (κ2) is 12.6. The van der Waals surface area contributed by atoms with Crippen molar-refractivity contribution in [3.8, 4) is 0 Å². The third kappa shape index (κ3) is 8.19. The molecule has 178 valence electrons. The van der Waals surface area contributed by atoms with Crippen molar-refractivity contribution < 1.29 is 0 Å². The van der Waals surface area contributed by atoms with E-state index in [0.29, 0.717) is 5.92 Å². The molecular weight excluding hydrogens is 432 g/mol. The van der Waals surface area contributed by atoms with Gasteiger partial charge in [-0.15, -0.1) is 0 Å². The molecule has 0 aromatic heterocycles. The van der Waals surface area contributed by atoms with E-state index in [4.69, 9.17) is 11.6 Å². The molecule has 1 unspecified atom stereocenters. The predicted octanol–water partition coefficient (Wildman–Crippen LogP) is 10.5. The van der Waals surface area contributed by atoms with Crippen LogP contribution in [0.5, 0.6) is 0 Å². The molecule has 0 spiro atoms. The molecule has 2 aromatic rings. The van der Waals surface area contributed by atoms with Crippen molar-refractivity contribution in [3.05, 3.63) is 131 Å². The zero-order valence-electron chi connectivity index (χ0n) is 21.5. The van der Waals surface area contributed by atoms with Crippen molar-refractivity contribution in [3.63, 3.8) is 0 Å². The minimum atomic E-state index is 0.0717. The SMILES string of the molecule is C=C/C(CCC(C)c1cccc(/C=C/C(=C)/C=C\c2ccc(Cl)cc2C)c1)=C(\C=C)C(C)(C)C. The topological polar surface area (TPSA) is 0 Å². The van der Waals surface area contributed by atoms with Crippen LogP contribution in [0.25, 0.3) is 12.2 Å². The highest BCUT2D eigenvalue weighted by atomic mass is 35.5. The second-order valence-corrected chi connectivity index (χ2v) is 10.4. The maximum atomic E-state index is 6.05. The van der Waals surface area contributed by atoms with Crippen molar-refractivity contribution in [2.45, 2.75) is 53.4 Å². The van der Waals surface area contributed by atoms with Crippen LogP contribution in [0, 0.1) is 12.3 Å². The number of benzene rings is 2. The molecule has 2 aromatic carbocycles. The van der Waals surface area contributed by atoms with Gasteiger partial charge in [-0.2, -0.15) is 0 Å². The van der Waals surface area contributed by atoms with E-state index in [-0.39, 0.29) is 5.41 Å². The van der Waals surface area contributed by atoms with Gasteiger partial charge in [-0.25, -0.2) is 0 Å². The summed E-state index contributed by atoms with van der Waals surface area (Å²) >= 11 is 6.05. The van der Waals surface area contributed by atoms with Crippen LogP contribution in [-0.4, -0.2) is 0 Å². The molecule has 0 nitrogen and oxygen atoms in total. The van der Waals surface area contributed by atoms with Crippen LogP contribution in [-0.2, 0) is 0 Å². The standard InChI is InChI=1S/C33H39Cl/c1-9-28(32(10-2)33(6,7)8)19-16-25(4)30-13-11-12-27(23-30)17-14-24(3)15-18-29-20-21-31(34)22-26(29)5/h9-15,17-18,20-23,25H,1-3,16,19H2,4-8H3/b17-14+,18-15-,32-28-. The molecule has 0 fully saturated rings. The lowest BCUT2D eigenvalue weighted by Crippen LogP contribution is -2.10. The van der Waals surface area contributed by atoms with Gasteiger partial charge in [-0.3, -0.25) is 0 Å². The molecule has 0 saturated heterocycles. The van der Waals surface area contributed by atoms with Crippen LogP contribution in [0.1, 0.15) is 68.7 Å². The van der Waals surface area contributed by atoms with E-state index in [2.05, 4.69) is 96.8 Å². The third-order valence-electron chi connectivity index (χ3n) is 6.13. The lowest BCUT2D eigenvalue weighted by Gasteiger charge is -2.24. The summed E-state index contributed by atoms with van der Waals surface area (Å²) in [6.07, 6.45) is 14.4. The van der Waals surface area contributed by atoms with E-state index < -0.39 is 0 Å². The number of halogens is 1. The van der Waals surface area contributed by atoms with Gasteiger partial charge in [0, 0.05) is 5.02 Å². The van der Waals surface area contributed by atoms with Crippen molar-refractivity contribution >= 4 is 23.8 Å². The van der Waals surface area contributed by atoms with Crippen LogP contribution in [0.4, 0.5) is 0 Å². The molecule has 0 heterocycles. The lowest BCUT2D eigenvalue weighted by atomic mass is 9.81. The van der Waals surface area contributed by atoms with E-state index in [1.807, 2.05) is 36.4 Å². The molecule has 0 bridgehead atoms. The summed E-state index contributed by atoms with van der Waals surface area (Å²) in [4.78, 5) is 0. The van der Waals surface area contributed by atoms with Crippen LogP contribution >= 0.6 is 11.6 Å². The van der Waals surface area contributed by atoms with Crippen molar-refractivity contribution in [1.82, 2.24) is 0 Å². The molecule has 0 amide bonds. The number of allylic oxidation sites excluding steroid dienone is 7. The molecule has 0 aliphatic rings. The van der Waals surface area contributed by atoms with Gasteiger partial charge >= 0.3 is 0 Å². The summed E-state index contributed by atoms with van der Waals surface area (Å²) in [5.41, 5.74) is 8.43. The fourth-order valence-electron chi connectivity index (χ4n) is 4.06. The van der Waals surface area contributed by atoms with Gasteiger partial charge in [-0.1, -0.05) is 126 Å². The molecular formula is C33H39Cl. The highest BCUT2D eigenvalue weighted by molar-refractivity contribution is 6.30. The summed E-state index contributed by atoms with van der Waals surface area (Å²) in [5.74, 6) is 0.449. The monoisotopic (exact) mass is 470 g/mol. The summed E-state index contributed by atoms with van der Waals surface area (Å²) in [7, 11) is 0. The Hall–Kier alpha value is -2.83. The van der Waals surface area contributed by atoms with Crippen LogP contribution in [0.15, 0.2) is 103 Å². The van der Waals surface area contributed by atoms with Crippen LogP contribution in [0.3, 0.4) is 0 Å². The summed E-state index contributed by atoms with van der Waals surface area (Å²) in [6, 6.07) is 14.7. The zero-order valence-corrected chi connectivity index (χ0v) is 22.3. The largest absolute Gasteiger partial charge is 0.0988 e. The number of hydrogen-bond acceptors (Lipinski definition) is 0. The van der Waals surface area contributed by atoms with Crippen LogP contribution in [0.2, 0.25) is 5.02 Å². The molecule has 34 heavy (non-hydrogen) atoms. The Balaban J connectivity index is 2.07. The normalized spacial score (nSPS) is 13.7. The first-order valence-corrected chi connectivity index (χ1v) is 12.3. The molecule has 2 rings (SSSR count). The average Bonchev–Trinajstić information content (AvgIpc) is 2.78. The lowest BCUT2D eigenvalue weighted by molar-refractivity contribution is 0.509. The fraction of sp³-hybridized carbons (Fsp3) is 0.273. The minimum Gasteiger partial charge on any atom is -0.0988 e. The van der Waals surface area contributed by atoms with E-state index >= 15 is 0 Å². The summed E-state index contributed by atoms with van der Waals surface area (Å²) in [6.45, 7) is 23.3. The van der Waals surface area contributed by atoms with Gasteiger partial charge in [0.25, 0.3) is 0 Å². The highest BCUT2D eigenvalue weighted by Crippen LogP contribution is 2.33.